The van der Waals surface area contributed by atoms with Gasteiger partial charge < -0.3 is 16.4 Å². The molecule has 0 saturated carbocycles. The van der Waals surface area contributed by atoms with Crippen LogP contribution in [0.4, 0.5) is 0 Å². The SMILES string of the molecule is NC(=O)C1CCCN(C(=O)C2C=CC(N)C2)C1. The molecule has 1 saturated heterocycles. The van der Waals surface area contributed by atoms with E-state index < -0.39 is 0 Å². The van der Waals surface area contributed by atoms with E-state index in [0.717, 1.165) is 19.4 Å². The van der Waals surface area contributed by atoms with Crippen molar-refractivity contribution in [3.05, 3.63) is 12.2 Å². The summed E-state index contributed by atoms with van der Waals surface area (Å²) in [4.78, 5) is 25.1. The first kappa shape index (κ1) is 12.1. The van der Waals surface area contributed by atoms with Crippen LogP contribution in [-0.4, -0.2) is 35.8 Å². The molecule has 3 unspecified atom stereocenters. The summed E-state index contributed by atoms with van der Waals surface area (Å²) in [5.41, 5.74) is 11.0. The van der Waals surface area contributed by atoms with Crippen LogP contribution in [-0.2, 0) is 9.59 Å². The highest BCUT2D eigenvalue weighted by Gasteiger charge is 2.31. The quantitative estimate of drug-likeness (QED) is 0.641. The zero-order chi connectivity index (χ0) is 12.4. The molecule has 3 atom stereocenters. The van der Waals surface area contributed by atoms with Crippen molar-refractivity contribution in [2.45, 2.75) is 25.3 Å². The van der Waals surface area contributed by atoms with E-state index >= 15 is 0 Å². The van der Waals surface area contributed by atoms with Gasteiger partial charge in [-0.15, -0.1) is 0 Å². The zero-order valence-corrected chi connectivity index (χ0v) is 9.84. The average Bonchev–Trinajstić information content (AvgIpc) is 2.75. The predicted molar refractivity (Wildman–Crippen MR) is 63.7 cm³/mol. The van der Waals surface area contributed by atoms with E-state index in [-0.39, 0.29) is 29.7 Å². The van der Waals surface area contributed by atoms with Gasteiger partial charge in [-0.1, -0.05) is 12.2 Å². The number of primary amides is 1. The van der Waals surface area contributed by atoms with Crippen LogP contribution in [0.15, 0.2) is 12.2 Å². The Morgan fingerprint density at radius 2 is 2.06 bits per heavy atom. The van der Waals surface area contributed by atoms with Gasteiger partial charge in [0.05, 0.1) is 11.8 Å². The molecule has 5 nitrogen and oxygen atoms in total. The Labute approximate surface area is 101 Å². The molecular formula is C12H19N3O2. The number of hydrogen-bond acceptors (Lipinski definition) is 3. The molecule has 2 rings (SSSR count). The summed E-state index contributed by atoms with van der Waals surface area (Å²) in [5, 5.41) is 0. The van der Waals surface area contributed by atoms with Crippen molar-refractivity contribution in [3.8, 4) is 0 Å². The molecular weight excluding hydrogens is 218 g/mol. The highest BCUT2D eigenvalue weighted by atomic mass is 16.2. The highest BCUT2D eigenvalue weighted by Crippen LogP contribution is 2.23. The Hall–Kier alpha value is -1.36. The maximum Gasteiger partial charge on any atom is 0.229 e. The molecule has 1 heterocycles. The predicted octanol–water partition coefficient (Wildman–Crippen LogP) is -0.386. The third-order valence-corrected chi connectivity index (χ3v) is 3.57. The molecule has 2 amide bonds. The Balaban J connectivity index is 1.95. The van der Waals surface area contributed by atoms with E-state index in [1.807, 2.05) is 12.2 Å². The molecule has 0 aromatic carbocycles. The van der Waals surface area contributed by atoms with Crippen molar-refractivity contribution in [3.63, 3.8) is 0 Å². The van der Waals surface area contributed by atoms with Crippen molar-refractivity contribution in [2.24, 2.45) is 23.3 Å². The topological polar surface area (TPSA) is 89.4 Å². The number of hydrogen-bond donors (Lipinski definition) is 2. The molecule has 1 aliphatic carbocycles. The molecule has 0 radical (unpaired) electrons. The van der Waals surface area contributed by atoms with Crippen molar-refractivity contribution in [1.29, 1.82) is 0 Å². The fourth-order valence-corrected chi connectivity index (χ4v) is 2.55. The summed E-state index contributed by atoms with van der Waals surface area (Å²) >= 11 is 0. The number of nitrogens with zero attached hydrogens (tertiary/aromatic N) is 1. The van der Waals surface area contributed by atoms with Gasteiger partial charge in [0.25, 0.3) is 0 Å². The first-order valence-electron chi connectivity index (χ1n) is 6.10. The number of likely N-dealkylation sites (tertiary alicyclic amines) is 1. The van der Waals surface area contributed by atoms with E-state index in [2.05, 4.69) is 0 Å². The van der Waals surface area contributed by atoms with Crippen LogP contribution in [0.3, 0.4) is 0 Å². The lowest BCUT2D eigenvalue weighted by molar-refractivity contribution is -0.137. The minimum absolute atomic E-state index is 0.0133. The van der Waals surface area contributed by atoms with E-state index in [0.29, 0.717) is 13.0 Å². The van der Waals surface area contributed by atoms with Crippen LogP contribution < -0.4 is 11.5 Å². The van der Waals surface area contributed by atoms with E-state index in [1.54, 1.807) is 4.90 Å². The van der Waals surface area contributed by atoms with E-state index in [9.17, 15) is 9.59 Å². The van der Waals surface area contributed by atoms with E-state index in [4.69, 9.17) is 11.5 Å². The van der Waals surface area contributed by atoms with Gasteiger partial charge in [-0.05, 0) is 19.3 Å². The smallest absolute Gasteiger partial charge is 0.229 e. The molecule has 17 heavy (non-hydrogen) atoms. The third kappa shape index (κ3) is 2.66. The maximum absolute atomic E-state index is 12.2. The lowest BCUT2D eigenvalue weighted by atomic mass is 9.95. The fraction of sp³-hybridized carbons (Fsp3) is 0.667. The van der Waals surface area contributed by atoms with Crippen LogP contribution >= 0.6 is 0 Å². The van der Waals surface area contributed by atoms with E-state index in [1.165, 1.54) is 0 Å². The molecule has 0 aromatic heterocycles. The lowest BCUT2D eigenvalue weighted by Gasteiger charge is -2.32. The Morgan fingerprint density at radius 1 is 1.29 bits per heavy atom. The van der Waals surface area contributed by atoms with Crippen LogP contribution in [0.1, 0.15) is 19.3 Å². The van der Waals surface area contributed by atoms with Crippen molar-refractivity contribution < 1.29 is 9.59 Å². The van der Waals surface area contributed by atoms with Gasteiger partial charge in [0, 0.05) is 19.1 Å². The van der Waals surface area contributed by atoms with Gasteiger partial charge >= 0.3 is 0 Å². The first-order valence-corrected chi connectivity index (χ1v) is 6.10. The molecule has 1 fully saturated rings. The summed E-state index contributed by atoms with van der Waals surface area (Å²) < 4.78 is 0. The molecule has 5 heteroatoms. The van der Waals surface area contributed by atoms with Crippen LogP contribution in [0.5, 0.6) is 0 Å². The Morgan fingerprint density at radius 3 is 2.65 bits per heavy atom. The molecule has 0 aromatic rings. The molecule has 2 aliphatic rings. The second-order valence-corrected chi connectivity index (χ2v) is 4.92. The highest BCUT2D eigenvalue weighted by molar-refractivity contribution is 5.83. The molecule has 0 bridgehead atoms. The Kier molecular flexibility index (Phi) is 3.47. The monoisotopic (exact) mass is 237 g/mol. The fourth-order valence-electron chi connectivity index (χ4n) is 2.55. The van der Waals surface area contributed by atoms with Crippen molar-refractivity contribution >= 4 is 11.8 Å². The second kappa shape index (κ2) is 4.87. The van der Waals surface area contributed by atoms with Crippen LogP contribution in [0.2, 0.25) is 0 Å². The number of amides is 2. The molecule has 1 aliphatic heterocycles. The van der Waals surface area contributed by atoms with Gasteiger partial charge in [-0.2, -0.15) is 0 Å². The minimum Gasteiger partial charge on any atom is -0.369 e. The third-order valence-electron chi connectivity index (χ3n) is 3.57. The second-order valence-electron chi connectivity index (χ2n) is 4.92. The molecule has 4 N–H and O–H groups in total. The summed E-state index contributed by atoms with van der Waals surface area (Å²) in [7, 11) is 0. The largest absolute Gasteiger partial charge is 0.369 e. The molecule has 94 valence electrons. The van der Waals surface area contributed by atoms with Gasteiger partial charge in [-0.25, -0.2) is 0 Å². The number of carbonyl (C=O) groups is 2. The zero-order valence-electron chi connectivity index (χ0n) is 9.84. The number of nitrogens with two attached hydrogens (primary N) is 2. The summed E-state index contributed by atoms with van der Waals surface area (Å²) in [6.07, 6.45) is 6.07. The number of piperidine rings is 1. The van der Waals surface area contributed by atoms with Gasteiger partial charge in [-0.3, -0.25) is 9.59 Å². The Bertz CT molecular complexity index is 354. The molecule has 0 spiro atoms. The van der Waals surface area contributed by atoms with Crippen molar-refractivity contribution in [1.82, 2.24) is 4.90 Å². The standard InChI is InChI=1S/C12H19N3O2/c13-10-4-3-8(6-10)12(17)15-5-1-2-9(7-15)11(14)16/h3-4,8-10H,1-2,5-7,13H2,(H2,14,16). The first-order chi connectivity index (χ1) is 8.08. The van der Waals surface area contributed by atoms with Gasteiger partial charge in [0.15, 0.2) is 0 Å². The summed E-state index contributed by atoms with van der Waals surface area (Å²) in [5.74, 6) is -0.523. The lowest BCUT2D eigenvalue weighted by Crippen LogP contribution is -2.46. The van der Waals surface area contributed by atoms with Crippen LogP contribution in [0, 0.1) is 11.8 Å². The number of rotatable bonds is 2. The summed E-state index contributed by atoms with van der Waals surface area (Å²) in [6, 6.07) is -0.0133. The maximum atomic E-state index is 12.2. The number of carbonyl (C=O) groups excluding carboxylic acids is 2. The summed E-state index contributed by atoms with van der Waals surface area (Å²) in [6.45, 7) is 1.19. The van der Waals surface area contributed by atoms with Crippen LogP contribution in [0.25, 0.3) is 0 Å². The van der Waals surface area contributed by atoms with Gasteiger partial charge in [0.1, 0.15) is 0 Å². The average molecular weight is 237 g/mol. The van der Waals surface area contributed by atoms with Gasteiger partial charge in [0.2, 0.25) is 11.8 Å². The van der Waals surface area contributed by atoms with Crippen molar-refractivity contribution in [2.75, 3.05) is 13.1 Å². The normalized spacial score (nSPS) is 32.8. The minimum atomic E-state index is -0.304.